The second-order valence-electron chi connectivity index (χ2n) is 4.78. The SMILES string of the molecule is Cc1cccc(-n2ncc(CN)c2C2CC2)c1. The van der Waals surface area contributed by atoms with Crippen molar-refractivity contribution >= 4 is 0 Å². The van der Waals surface area contributed by atoms with E-state index in [1.54, 1.807) is 0 Å². The Morgan fingerprint density at radius 3 is 2.88 bits per heavy atom. The van der Waals surface area contributed by atoms with Gasteiger partial charge in [0.25, 0.3) is 0 Å². The Morgan fingerprint density at radius 1 is 1.41 bits per heavy atom. The lowest BCUT2D eigenvalue weighted by atomic mass is 10.1. The third kappa shape index (κ3) is 1.87. The first-order valence-corrected chi connectivity index (χ1v) is 6.13. The number of aryl methyl sites for hydroxylation is 1. The van der Waals surface area contributed by atoms with Gasteiger partial charge in [-0.1, -0.05) is 12.1 Å². The Labute approximate surface area is 101 Å². The summed E-state index contributed by atoms with van der Waals surface area (Å²) in [6, 6.07) is 8.45. The van der Waals surface area contributed by atoms with Crippen LogP contribution < -0.4 is 5.73 Å². The Morgan fingerprint density at radius 2 is 2.24 bits per heavy atom. The van der Waals surface area contributed by atoms with Crippen molar-refractivity contribution in [1.82, 2.24) is 9.78 Å². The molecule has 1 aliphatic rings. The van der Waals surface area contributed by atoms with Crippen LogP contribution >= 0.6 is 0 Å². The van der Waals surface area contributed by atoms with Gasteiger partial charge in [-0.05, 0) is 37.5 Å². The van der Waals surface area contributed by atoms with Gasteiger partial charge in [0.1, 0.15) is 0 Å². The van der Waals surface area contributed by atoms with Gasteiger partial charge in [-0.3, -0.25) is 0 Å². The van der Waals surface area contributed by atoms with Crippen LogP contribution in [0.5, 0.6) is 0 Å². The van der Waals surface area contributed by atoms with Gasteiger partial charge in [-0.2, -0.15) is 5.10 Å². The molecular weight excluding hydrogens is 210 g/mol. The molecule has 2 aromatic rings. The van der Waals surface area contributed by atoms with Crippen LogP contribution in [0.1, 0.15) is 35.6 Å². The second-order valence-corrected chi connectivity index (χ2v) is 4.78. The first kappa shape index (κ1) is 10.5. The predicted octanol–water partition coefficient (Wildman–Crippen LogP) is 2.52. The van der Waals surface area contributed by atoms with Gasteiger partial charge in [0.2, 0.25) is 0 Å². The average Bonchev–Trinajstić information content (AvgIpc) is 3.08. The van der Waals surface area contributed by atoms with Crippen LogP contribution in [0, 0.1) is 6.92 Å². The fourth-order valence-electron chi connectivity index (χ4n) is 2.31. The summed E-state index contributed by atoms with van der Waals surface area (Å²) in [5.74, 6) is 0.663. The summed E-state index contributed by atoms with van der Waals surface area (Å²) in [5.41, 5.74) is 10.7. The van der Waals surface area contributed by atoms with Gasteiger partial charge >= 0.3 is 0 Å². The summed E-state index contributed by atoms with van der Waals surface area (Å²) in [4.78, 5) is 0. The van der Waals surface area contributed by atoms with Crippen molar-refractivity contribution in [2.75, 3.05) is 0 Å². The zero-order valence-corrected chi connectivity index (χ0v) is 10.1. The van der Waals surface area contributed by atoms with Crippen molar-refractivity contribution < 1.29 is 0 Å². The molecule has 0 atom stereocenters. The summed E-state index contributed by atoms with van der Waals surface area (Å²) >= 11 is 0. The number of nitrogens with two attached hydrogens (primary N) is 1. The highest BCUT2D eigenvalue weighted by atomic mass is 15.3. The van der Waals surface area contributed by atoms with Crippen molar-refractivity contribution in [1.29, 1.82) is 0 Å². The molecule has 17 heavy (non-hydrogen) atoms. The number of benzene rings is 1. The van der Waals surface area contributed by atoms with Crippen LogP contribution in [0.4, 0.5) is 0 Å². The molecule has 3 rings (SSSR count). The molecule has 3 heteroatoms. The van der Waals surface area contributed by atoms with Crippen LogP contribution in [0.2, 0.25) is 0 Å². The smallest absolute Gasteiger partial charge is 0.0651 e. The molecule has 1 fully saturated rings. The van der Waals surface area contributed by atoms with Crippen molar-refractivity contribution in [3.63, 3.8) is 0 Å². The van der Waals surface area contributed by atoms with Crippen LogP contribution in [0.15, 0.2) is 30.5 Å². The molecular formula is C14H17N3. The van der Waals surface area contributed by atoms with Crippen LogP contribution in [-0.2, 0) is 6.54 Å². The predicted molar refractivity (Wildman–Crippen MR) is 68.2 cm³/mol. The van der Waals surface area contributed by atoms with E-state index in [-0.39, 0.29) is 0 Å². The Bertz CT molecular complexity index is 538. The quantitative estimate of drug-likeness (QED) is 0.875. The van der Waals surface area contributed by atoms with Gasteiger partial charge in [0.05, 0.1) is 17.6 Å². The first-order chi connectivity index (χ1) is 8.29. The Hall–Kier alpha value is -1.61. The summed E-state index contributed by atoms with van der Waals surface area (Å²) in [7, 11) is 0. The minimum atomic E-state index is 0.581. The lowest BCUT2D eigenvalue weighted by Crippen LogP contribution is -2.05. The van der Waals surface area contributed by atoms with E-state index in [4.69, 9.17) is 5.73 Å². The summed E-state index contributed by atoms with van der Waals surface area (Å²) < 4.78 is 2.06. The van der Waals surface area contributed by atoms with E-state index in [1.807, 2.05) is 6.20 Å². The lowest BCUT2D eigenvalue weighted by Gasteiger charge is -2.08. The molecule has 0 spiro atoms. The molecule has 1 aliphatic carbocycles. The monoisotopic (exact) mass is 227 g/mol. The molecule has 0 saturated heterocycles. The summed E-state index contributed by atoms with van der Waals surface area (Å²) in [6.07, 6.45) is 4.45. The number of hydrogen-bond acceptors (Lipinski definition) is 2. The van der Waals surface area contributed by atoms with E-state index in [0.29, 0.717) is 12.5 Å². The van der Waals surface area contributed by atoms with Crippen molar-refractivity contribution in [2.45, 2.75) is 32.2 Å². The largest absolute Gasteiger partial charge is 0.326 e. The maximum atomic E-state index is 5.78. The van der Waals surface area contributed by atoms with E-state index < -0.39 is 0 Å². The fourth-order valence-corrected chi connectivity index (χ4v) is 2.31. The van der Waals surface area contributed by atoms with E-state index >= 15 is 0 Å². The van der Waals surface area contributed by atoms with Gasteiger partial charge in [0.15, 0.2) is 0 Å². The highest BCUT2D eigenvalue weighted by molar-refractivity contribution is 5.40. The van der Waals surface area contributed by atoms with Crippen LogP contribution in [-0.4, -0.2) is 9.78 Å². The first-order valence-electron chi connectivity index (χ1n) is 6.13. The topological polar surface area (TPSA) is 43.8 Å². The minimum Gasteiger partial charge on any atom is -0.326 e. The highest BCUT2D eigenvalue weighted by Crippen LogP contribution is 2.42. The van der Waals surface area contributed by atoms with Gasteiger partial charge < -0.3 is 5.73 Å². The second kappa shape index (κ2) is 4.00. The Kier molecular flexibility index (Phi) is 2.48. The van der Waals surface area contributed by atoms with Gasteiger partial charge in [0, 0.05) is 18.0 Å². The highest BCUT2D eigenvalue weighted by Gasteiger charge is 2.30. The zero-order valence-electron chi connectivity index (χ0n) is 10.1. The zero-order chi connectivity index (χ0) is 11.8. The third-order valence-corrected chi connectivity index (χ3v) is 3.32. The third-order valence-electron chi connectivity index (χ3n) is 3.32. The fraction of sp³-hybridized carbons (Fsp3) is 0.357. The lowest BCUT2D eigenvalue weighted by molar-refractivity contribution is 0.800. The molecule has 2 N–H and O–H groups in total. The van der Waals surface area contributed by atoms with E-state index in [0.717, 1.165) is 5.69 Å². The molecule has 1 saturated carbocycles. The van der Waals surface area contributed by atoms with E-state index in [2.05, 4.69) is 41.0 Å². The van der Waals surface area contributed by atoms with E-state index in [1.165, 1.54) is 29.7 Å². The molecule has 0 aliphatic heterocycles. The van der Waals surface area contributed by atoms with Crippen molar-refractivity contribution in [3.05, 3.63) is 47.3 Å². The maximum absolute atomic E-state index is 5.78. The van der Waals surface area contributed by atoms with Gasteiger partial charge in [-0.25, -0.2) is 4.68 Å². The van der Waals surface area contributed by atoms with Gasteiger partial charge in [-0.15, -0.1) is 0 Å². The molecule has 88 valence electrons. The standard InChI is InChI=1S/C14H17N3/c1-10-3-2-4-13(7-10)17-14(11-5-6-11)12(8-15)9-16-17/h2-4,7,9,11H,5-6,8,15H2,1H3. The minimum absolute atomic E-state index is 0.581. The summed E-state index contributed by atoms with van der Waals surface area (Å²) in [5, 5.41) is 4.50. The van der Waals surface area contributed by atoms with Crippen LogP contribution in [0.25, 0.3) is 5.69 Å². The molecule has 3 nitrogen and oxygen atoms in total. The van der Waals surface area contributed by atoms with Crippen molar-refractivity contribution in [3.8, 4) is 5.69 Å². The molecule has 1 heterocycles. The van der Waals surface area contributed by atoms with Crippen LogP contribution in [0.3, 0.4) is 0 Å². The van der Waals surface area contributed by atoms with Crippen molar-refractivity contribution in [2.24, 2.45) is 5.73 Å². The molecule has 0 bridgehead atoms. The summed E-state index contributed by atoms with van der Waals surface area (Å²) in [6.45, 7) is 2.69. The number of rotatable bonds is 3. The number of nitrogens with zero attached hydrogens (tertiary/aromatic N) is 2. The Balaban J connectivity index is 2.11. The molecule has 0 amide bonds. The average molecular weight is 227 g/mol. The maximum Gasteiger partial charge on any atom is 0.0651 e. The molecule has 0 radical (unpaired) electrons. The number of hydrogen-bond donors (Lipinski definition) is 1. The van der Waals surface area contributed by atoms with E-state index in [9.17, 15) is 0 Å². The normalized spacial score (nSPS) is 15.2. The number of aromatic nitrogens is 2. The molecule has 1 aromatic heterocycles. The molecule has 0 unspecified atom stereocenters. The molecule has 1 aromatic carbocycles.